The number of carbonyl (C=O) groups is 1. The van der Waals surface area contributed by atoms with Crippen LogP contribution in [0.25, 0.3) is 0 Å². The zero-order valence-electron chi connectivity index (χ0n) is 10.0. The normalized spacial score (nSPS) is 12.5. The summed E-state index contributed by atoms with van der Waals surface area (Å²) in [5, 5.41) is 2.90. The van der Waals surface area contributed by atoms with Crippen LogP contribution in [0.3, 0.4) is 0 Å². The summed E-state index contributed by atoms with van der Waals surface area (Å²) in [6.07, 6.45) is 10.5. The lowest BCUT2D eigenvalue weighted by molar-refractivity contribution is 0.259. The Hall–Kier alpha value is 0.200. The van der Waals surface area contributed by atoms with Crippen LogP contribution in [0.1, 0.15) is 65.2 Å². The van der Waals surface area contributed by atoms with Gasteiger partial charge in [-0.2, -0.15) is 0 Å². The van der Waals surface area contributed by atoms with E-state index in [1.807, 2.05) is 0 Å². The Morgan fingerprint density at radius 2 is 1.67 bits per heavy atom. The molecule has 1 amide bonds. The average Bonchev–Trinajstić information content (AvgIpc) is 2.15. The predicted molar refractivity (Wildman–Crippen MR) is 74.6 cm³/mol. The third-order valence-electron chi connectivity index (χ3n) is 2.60. The number of nitrogens with one attached hydrogen (secondary N) is 1. The van der Waals surface area contributed by atoms with Crippen LogP contribution in [0.4, 0.5) is 4.79 Å². The molecule has 0 heterocycles. The molecule has 0 rings (SSSR count). The molecule has 0 saturated carbocycles. The molecule has 0 aliphatic heterocycles. The van der Waals surface area contributed by atoms with Gasteiger partial charge in [0.05, 0.1) is 0 Å². The monoisotopic (exact) mass is 325 g/mol. The Labute approximate surface area is 108 Å². The van der Waals surface area contributed by atoms with E-state index in [4.69, 9.17) is 0 Å². The van der Waals surface area contributed by atoms with Crippen LogP contribution in [-0.2, 0) is 0 Å². The Balaban J connectivity index is 3.13. The van der Waals surface area contributed by atoms with Crippen LogP contribution >= 0.6 is 22.6 Å². The predicted octanol–water partition coefficient (Wildman–Crippen LogP) is 4.66. The summed E-state index contributed by atoms with van der Waals surface area (Å²) in [6.45, 7) is 4.32. The number of hydrogen-bond donors (Lipinski definition) is 1. The maximum atomic E-state index is 10.7. The Bertz CT molecular complexity index is 162. The molecule has 0 aliphatic rings. The molecular weight excluding hydrogens is 301 g/mol. The van der Waals surface area contributed by atoms with Gasteiger partial charge >= 0.3 is 0 Å². The molecule has 3 heteroatoms. The van der Waals surface area contributed by atoms with E-state index >= 15 is 0 Å². The van der Waals surface area contributed by atoms with E-state index in [0.29, 0.717) is 6.04 Å². The highest BCUT2D eigenvalue weighted by atomic mass is 127. The first-order chi connectivity index (χ1) is 7.16. The second-order valence-corrected chi connectivity index (χ2v) is 5.21. The number of unbranched alkanes of at least 4 members (excludes halogenated alkanes) is 6. The van der Waals surface area contributed by atoms with Crippen LogP contribution in [0, 0.1) is 0 Å². The first-order valence-corrected chi connectivity index (χ1v) is 7.20. The van der Waals surface area contributed by atoms with Crippen LogP contribution in [0.2, 0.25) is 0 Å². The van der Waals surface area contributed by atoms with Crippen molar-refractivity contribution in [1.29, 1.82) is 0 Å². The number of amides is 1. The van der Waals surface area contributed by atoms with Crippen LogP contribution < -0.4 is 5.32 Å². The van der Waals surface area contributed by atoms with Crippen molar-refractivity contribution in [3.63, 3.8) is 0 Å². The minimum Gasteiger partial charge on any atom is -0.345 e. The minimum absolute atomic E-state index is 0.0584. The van der Waals surface area contributed by atoms with Gasteiger partial charge < -0.3 is 5.32 Å². The first-order valence-electron chi connectivity index (χ1n) is 6.12. The summed E-state index contributed by atoms with van der Waals surface area (Å²) in [5.74, 6) is 0. The first kappa shape index (κ1) is 15.2. The summed E-state index contributed by atoms with van der Waals surface area (Å²) in [7, 11) is 0. The lowest BCUT2D eigenvalue weighted by Gasteiger charge is -2.10. The van der Waals surface area contributed by atoms with Gasteiger partial charge in [0.1, 0.15) is 0 Å². The number of rotatable bonds is 9. The summed E-state index contributed by atoms with van der Waals surface area (Å²) < 4.78 is 0.0584. The third-order valence-corrected chi connectivity index (χ3v) is 2.91. The maximum absolute atomic E-state index is 10.7. The Morgan fingerprint density at radius 3 is 2.20 bits per heavy atom. The molecule has 0 spiro atoms. The molecule has 15 heavy (non-hydrogen) atoms. The van der Waals surface area contributed by atoms with E-state index < -0.39 is 0 Å². The summed E-state index contributed by atoms with van der Waals surface area (Å²) >= 11 is 1.79. The molecule has 0 bridgehead atoms. The fourth-order valence-electron chi connectivity index (χ4n) is 1.67. The third kappa shape index (κ3) is 12.1. The van der Waals surface area contributed by atoms with Crippen molar-refractivity contribution in [1.82, 2.24) is 5.32 Å². The van der Waals surface area contributed by atoms with Gasteiger partial charge in [-0.1, -0.05) is 51.9 Å². The Morgan fingerprint density at radius 1 is 1.13 bits per heavy atom. The van der Waals surface area contributed by atoms with Gasteiger partial charge in [0, 0.05) is 28.6 Å². The van der Waals surface area contributed by atoms with Crippen molar-refractivity contribution in [2.45, 2.75) is 71.3 Å². The van der Waals surface area contributed by atoms with Crippen molar-refractivity contribution in [2.24, 2.45) is 0 Å². The zero-order chi connectivity index (χ0) is 11.5. The van der Waals surface area contributed by atoms with Crippen molar-refractivity contribution in [2.75, 3.05) is 0 Å². The SMILES string of the molecule is CCCCCCCCCC(C)NC(=O)I. The molecule has 1 atom stereocenters. The van der Waals surface area contributed by atoms with E-state index in [1.165, 1.54) is 44.9 Å². The molecule has 0 aromatic heterocycles. The molecule has 1 N–H and O–H groups in total. The smallest absolute Gasteiger partial charge is 0.280 e. The van der Waals surface area contributed by atoms with Crippen molar-refractivity contribution in [3.05, 3.63) is 0 Å². The lowest BCUT2D eigenvalue weighted by atomic mass is 10.1. The highest BCUT2D eigenvalue weighted by Gasteiger charge is 2.02. The topological polar surface area (TPSA) is 29.1 Å². The van der Waals surface area contributed by atoms with E-state index in [-0.39, 0.29) is 3.91 Å². The van der Waals surface area contributed by atoms with Gasteiger partial charge in [-0.05, 0) is 13.3 Å². The van der Waals surface area contributed by atoms with Gasteiger partial charge in [0.15, 0.2) is 0 Å². The highest BCUT2D eigenvalue weighted by molar-refractivity contribution is 14.1. The van der Waals surface area contributed by atoms with Crippen LogP contribution in [0.15, 0.2) is 0 Å². The van der Waals surface area contributed by atoms with Crippen LogP contribution in [-0.4, -0.2) is 9.96 Å². The number of carbonyl (C=O) groups excluding carboxylic acids is 1. The second-order valence-electron chi connectivity index (χ2n) is 4.23. The van der Waals surface area contributed by atoms with Gasteiger partial charge in [-0.25, -0.2) is 0 Å². The summed E-state index contributed by atoms with van der Waals surface area (Å²) in [6, 6.07) is 0.338. The molecular formula is C12H24INO. The standard InChI is InChI=1S/C12H24INO/c1-3-4-5-6-7-8-9-10-11(2)14-12(13)15/h11H,3-10H2,1-2H3,(H,14,15). The quantitative estimate of drug-likeness (QED) is 0.284. The molecule has 0 aromatic carbocycles. The fourth-order valence-corrected chi connectivity index (χ4v) is 2.21. The fraction of sp³-hybridized carbons (Fsp3) is 0.917. The number of halogens is 1. The number of hydrogen-bond acceptors (Lipinski definition) is 1. The molecule has 90 valence electrons. The van der Waals surface area contributed by atoms with Gasteiger partial charge in [0.25, 0.3) is 3.91 Å². The summed E-state index contributed by atoms with van der Waals surface area (Å²) in [5.41, 5.74) is 0. The van der Waals surface area contributed by atoms with Gasteiger partial charge in [0.2, 0.25) is 0 Å². The highest BCUT2D eigenvalue weighted by Crippen LogP contribution is 2.09. The van der Waals surface area contributed by atoms with Crippen molar-refractivity contribution in [3.8, 4) is 0 Å². The van der Waals surface area contributed by atoms with E-state index in [9.17, 15) is 4.79 Å². The van der Waals surface area contributed by atoms with E-state index in [0.717, 1.165) is 6.42 Å². The largest absolute Gasteiger partial charge is 0.345 e. The molecule has 0 fully saturated rings. The van der Waals surface area contributed by atoms with Crippen molar-refractivity contribution < 1.29 is 4.79 Å². The molecule has 0 aliphatic carbocycles. The van der Waals surface area contributed by atoms with Crippen LogP contribution in [0.5, 0.6) is 0 Å². The average molecular weight is 325 g/mol. The Kier molecular flexibility index (Phi) is 10.9. The maximum Gasteiger partial charge on any atom is 0.280 e. The summed E-state index contributed by atoms with van der Waals surface area (Å²) in [4.78, 5) is 10.7. The second kappa shape index (κ2) is 10.7. The van der Waals surface area contributed by atoms with E-state index in [1.54, 1.807) is 22.6 Å². The van der Waals surface area contributed by atoms with E-state index in [2.05, 4.69) is 19.2 Å². The molecule has 0 saturated heterocycles. The van der Waals surface area contributed by atoms with Gasteiger partial charge in [-0.15, -0.1) is 0 Å². The minimum atomic E-state index is 0.0584. The van der Waals surface area contributed by atoms with Crippen molar-refractivity contribution >= 4 is 26.5 Å². The molecule has 1 unspecified atom stereocenters. The molecule has 0 radical (unpaired) electrons. The molecule has 0 aromatic rings. The molecule has 2 nitrogen and oxygen atoms in total. The van der Waals surface area contributed by atoms with Gasteiger partial charge in [-0.3, -0.25) is 4.79 Å². The zero-order valence-corrected chi connectivity index (χ0v) is 12.2. The lowest BCUT2D eigenvalue weighted by Crippen LogP contribution is -2.27.